The van der Waals surface area contributed by atoms with Gasteiger partial charge in [-0.2, -0.15) is 0 Å². The van der Waals surface area contributed by atoms with Crippen molar-refractivity contribution in [3.63, 3.8) is 0 Å². The van der Waals surface area contributed by atoms with Crippen molar-refractivity contribution in [1.82, 2.24) is 10.4 Å². The lowest BCUT2D eigenvalue weighted by Gasteiger charge is -2.31. The Morgan fingerprint density at radius 2 is 1.74 bits per heavy atom. The van der Waals surface area contributed by atoms with E-state index in [2.05, 4.69) is 5.48 Å². The summed E-state index contributed by atoms with van der Waals surface area (Å²) >= 11 is 0. The van der Waals surface area contributed by atoms with Crippen LogP contribution in [0.4, 0.5) is 10.5 Å². The zero-order valence-electron chi connectivity index (χ0n) is 24.7. The first kappa shape index (κ1) is 31.8. The first-order valence-electron chi connectivity index (χ1n) is 15.0. The van der Waals surface area contributed by atoms with Crippen molar-refractivity contribution < 1.29 is 38.2 Å². The van der Waals surface area contributed by atoms with Crippen molar-refractivity contribution in [3.8, 4) is 5.75 Å². The number of nitrogens with one attached hydrogen (secondary N) is 1. The average molecular weight is 596 g/mol. The van der Waals surface area contributed by atoms with Crippen molar-refractivity contribution in [3.05, 3.63) is 60.2 Å². The SMILES string of the molecule is CCOC(=O)[C@@H](CCCCC1CCN(C(=O)OCc2ccccc2)CC1)NOC(=O)CN1C(=O)CCOc2ccccc21. The summed E-state index contributed by atoms with van der Waals surface area (Å²) in [5.41, 5.74) is 4.04. The maximum atomic E-state index is 12.7. The van der Waals surface area contributed by atoms with E-state index in [1.54, 1.807) is 36.1 Å². The lowest BCUT2D eigenvalue weighted by Crippen LogP contribution is -2.43. The van der Waals surface area contributed by atoms with Crippen LogP contribution in [0.1, 0.15) is 57.4 Å². The number of nitrogens with zero attached hydrogens (tertiary/aromatic N) is 2. The highest BCUT2D eigenvalue weighted by atomic mass is 16.7. The average Bonchev–Trinajstić information content (AvgIpc) is 3.18. The van der Waals surface area contributed by atoms with Crippen LogP contribution in [0, 0.1) is 5.92 Å². The summed E-state index contributed by atoms with van der Waals surface area (Å²) in [7, 11) is 0. The largest absolute Gasteiger partial charge is 0.491 e. The number of hydroxylamine groups is 1. The summed E-state index contributed by atoms with van der Waals surface area (Å²) in [6.07, 6.45) is 4.67. The molecule has 43 heavy (non-hydrogen) atoms. The van der Waals surface area contributed by atoms with Crippen molar-refractivity contribution in [1.29, 1.82) is 0 Å². The number of hydrogen-bond acceptors (Lipinski definition) is 9. The number of carbonyl (C=O) groups is 4. The molecule has 2 aliphatic heterocycles. The second-order valence-corrected chi connectivity index (χ2v) is 10.7. The van der Waals surface area contributed by atoms with Crippen LogP contribution in [0.15, 0.2) is 54.6 Å². The maximum Gasteiger partial charge on any atom is 0.410 e. The van der Waals surface area contributed by atoms with Gasteiger partial charge < -0.3 is 23.9 Å². The summed E-state index contributed by atoms with van der Waals surface area (Å²) < 4.78 is 16.2. The van der Waals surface area contributed by atoms with Crippen molar-refractivity contribution >= 4 is 29.6 Å². The van der Waals surface area contributed by atoms with Gasteiger partial charge >= 0.3 is 18.0 Å². The van der Waals surface area contributed by atoms with E-state index in [1.165, 1.54) is 4.90 Å². The molecule has 2 amide bonds. The first-order valence-corrected chi connectivity index (χ1v) is 15.0. The third-order valence-corrected chi connectivity index (χ3v) is 7.64. The second-order valence-electron chi connectivity index (χ2n) is 10.7. The fraction of sp³-hybridized carbons (Fsp3) is 0.500. The minimum atomic E-state index is -0.819. The maximum absolute atomic E-state index is 12.7. The number of piperidine rings is 1. The summed E-state index contributed by atoms with van der Waals surface area (Å²) in [5.74, 6) is -0.440. The molecule has 2 aromatic rings. The number of carbonyl (C=O) groups excluding carboxylic acids is 4. The molecule has 0 bridgehead atoms. The fourth-order valence-electron chi connectivity index (χ4n) is 5.26. The smallest absolute Gasteiger partial charge is 0.410 e. The molecular weight excluding hydrogens is 554 g/mol. The molecule has 0 radical (unpaired) electrons. The van der Waals surface area contributed by atoms with Gasteiger partial charge in [0.25, 0.3) is 0 Å². The van der Waals surface area contributed by atoms with Gasteiger partial charge in [-0.3, -0.25) is 14.5 Å². The van der Waals surface area contributed by atoms with Gasteiger partial charge in [0, 0.05) is 13.1 Å². The fourth-order valence-corrected chi connectivity index (χ4v) is 5.26. The summed E-state index contributed by atoms with van der Waals surface area (Å²) in [5, 5.41) is 0. The zero-order chi connectivity index (χ0) is 30.4. The molecule has 1 N–H and O–H groups in total. The summed E-state index contributed by atoms with van der Waals surface area (Å²) in [4.78, 5) is 58.6. The molecule has 0 aliphatic carbocycles. The van der Waals surface area contributed by atoms with Gasteiger partial charge in [-0.15, -0.1) is 5.48 Å². The van der Waals surface area contributed by atoms with E-state index in [1.807, 2.05) is 30.3 Å². The normalized spacial score (nSPS) is 16.0. The number of esters is 1. The molecular formula is C32H41N3O8. The third-order valence-electron chi connectivity index (χ3n) is 7.64. The number of likely N-dealkylation sites (tertiary alicyclic amines) is 1. The topological polar surface area (TPSA) is 124 Å². The second kappa shape index (κ2) is 16.5. The molecule has 232 valence electrons. The molecule has 1 fully saturated rings. The van der Waals surface area contributed by atoms with E-state index < -0.39 is 18.0 Å². The third kappa shape index (κ3) is 9.71. The number of benzene rings is 2. The standard InChI is InChI=1S/C32H41N3O8/c1-2-40-31(38)26(33-43-30(37)22-35-27-14-8-9-15-28(27)41-21-18-29(35)36)13-7-6-10-24-16-19-34(20-17-24)32(39)42-23-25-11-4-3-5-12-25/h3-5,8-9,11-12,14-15,24,26,33H,2,6-7,10,13,16-23H2,1H3/t26-/m1/s1. The molecule has 11 nitrogen and oxygen atoms in total. The number of hydrogen-bond donors (Lipinski definition) is 1. The van der Waals surface area contributed by atoms with Gasteiger partial charge in [-0.1, -0.05) is 61.7 Å². The molecule has 2 aliphatic rings. The lowest BCUT2D eigenvalue weighted by atomic mass is 9.91. The first-order chi connectivity index (χ1) is 20.9. The Bertz CT molecular complexity index is 1220. The van der Waals surface area contributed by atoms with Crippen molar-refractivity contribution in [2.75, 3.05) is 37.7 Å². The van der Waals surface area contributed by atoms with E-state index in [4.69, 9.17) is 19.0 Å². The van der Waals surface area contributed by atoms with Crippen LogP contribution in [0.5, 0.6) is 5.75 Å². The van der Waals surface area contributed by atoms with Crippen LogP contribution < -0.4 is 15.1 Å². The highest BCUT2D eigenvalue weighted by Crippen LogP contribution is 2.31. The monoisotopic (exact) mass is 595 g/mol. The molecule has 11 heteroatoms. The number of anilines is 1. The van der Waals surface area contributed by atoms with Crippen molar-refractivity contribution in [2.45, 2.75) is 64.5 Å². The van der Waals surface area contributed by atoms with Crippen LogP contribution in [0.3, 0.4) is 0 Å². The van der Waals surface area contributed by atoms with E-state index >= 15 is 0 Å². The van der Waals surface area contributed by atoms with Gasteiger partial charge in [0.15, 0.2) is 0 Å². The van der Waals surface area contributed by atoms with Gasteiger partial charge in [0.1, 0.15) is 24.9 Å². The highest BCUT2D eigenvalue weighted by Gasteiger charge is 2.28. The molecule has 4 rings (SSSR count). The van der Waals surface area contributed by atoms with E-state index in [0.717, 1.165) is 37.7 Å². The van der Waals surface area contributed by atoms with Crippen LogP contribution in [0.2, 0.25) is 0 Å². The van der Waals surface area contributed by atoms with E-state index in [-0.39, 0.29) is 44.8 Å². The number of unbranched alkanes of at least 4 members (excludes halogenated alkanes) is 1. The van der Waals surface area contributed by atoms with Gasteiger partial charge in [-0.05, 0) is 49.8 Å². The Morgan fingerprint density at radius 3 is 2.51 bits per heavy atom. The Kier molecular flexibility index (Phi) is 12.2. The van der Waals surface area contributed by atoms with Crippen LogP contribution in [-0.4, -0.2) is 67.7 Å². The molecule has 0 aromatic heterocycles. The van der Waals surface area contributed by atoms with Crippen molar-refractivity contribution in [2.24, 2.45) is 5.92 Å². The van der Waals surface area contributed by atoms with Gasteiger partial charge in [0.05, 0.1) is 25.3 Å². The van der Waals surface area contributed by atoms with E-state index in [9.17, 15) is 19.2 Å². The summed E-state index contributed by atoms with van der Waals surface area (Å²) in [6, 6.07) is 15.8. The minimum absolute atomic E-state index is 0.137. The minimum Gasteiger partial charge on any atom is -0.491 e. The highest BCUT2D eigenvalue weighted by molar-refractivity contribution is 5.99. The predicted molar refractivity (Wildman–Crippen MR) is 158 cm³/mol. The molecule has 1 saturated heterocycles. The Labute approximate surface area is 252 Å². The quantitative estimate of drug-likeness (QED) is 0.155. The molecule has 2 aromatic carbocycles. The number of ether oxygens (including phenoxy) is 3. The Morgan fingerprint density at radius 1 is 1.00 bits per heavy atom. The lowest BCUT2D eigenvalue weighted by molar-refractivity contribution is -0.159. The predicted octanol–water partition coefficient (Wildman–Crippen LogP) is 4.39. The summed E-state index contributed by atoms with van der Waals surface area (Å²) in [6.45, 7) is 3.43. The van der Waals surface area contributed by atoms with Gasteiger partial charge in [-0.25, -0.2) is 9.59 Å². The van der Waals surface area contributed by atoms with Crippen LogP contribution >= 0.6 is 0 Å². The number of amides is 2. The van der Waals surface area contributed by atoms with Crippen LogP contribution in [-0.2, 0) is 35.3 Å². The Balaban J connectivity index is 1.17. The molecule has 0 saturated carbocycles. The zero-order valence-corrected chi connectivity index (χ0v) is 24.7. The van der Waals surface area contributed by atoms with Gasteiger partial charge in [0.2, 0.25) is 5.91 Å². The van der Waals surface area contributed by atoms with Crippen LogP contribution in [0.25, 0.3) is 0 Å². The Hall–Kier alpha value is -4.12. The molecule has 0 unspecified atom stereocenters. The van der Waals surface area contributed by atoms with E-state index in [0.29, 0.717) is 36.9 Å². The number of fused-ring (bicyclic) bond motifs is 1. The number of para-hydroxylation sites is 2. The molecule has 2 heterocycles. The molecule has 0 spiro atoms. The number of rotatable bonds is 13. The molecule has 1 atom stereocenters.